The molecule has 10 nitrogen and oxygen atoms in total. The van der Waals surface area contributed by atoms with Crippen LogP contribution in [0, 0.1) is 15.9 Å². The van der Waals surface area contributed by atoms with Gasteiger partial charge in [-0.05, 0) is 29.5 Å². The van der Waals surface area contributed by atoms with Gasteiger partial charge in [0, 0.05) is 31.2 Å². The van der Waals surface area contributed by atoms with Gasteiger partial charge in [0.1, 0.15) is 30.3 Å². The van der Waals surface area contributed by atoms with Crippen molar-refractivity contribution in [2.45, 2.75) is 31.7 Å². The Balaban J connectivity index is 1.30. The predicted octanol–water partition coefficient (Wildman–Crippen LogP) is 1.10. The first-order valence-electron chi connectivity index (χ1n) is 9.59. The molecule has 2 aromatic rings. The van der Waals surface area contributed by atoms with E-state index in [1.165, 1.54) is 18.3 Å². The van der Waals surface area contributed by atoms with Crippen molar-refractivity contribution in [3.63, 3.8) is 0 Å². The number of esters is 1. The maximum absolute atomic E-state index is 13.0. The lowest BCUT2D eigenvalue weighted by atomic mass is 10.1. The number of nitrogens with one attached hydrogen (secondary N) is 1. The Morgan fingerprint density at radius 1 is 1.47 bits per heavy atom. The number of ether oxygens (including phenoxy) is 2. The average Bonchev–Trinajstić information content (AvgIpc) is 3.22. The Bertz CT molecular complexity index is 924. The first-order valence-corrected chi connectivity index (χ1v) is 9.59. The summed E-state index contributed by atoms with van der Waals surface area (Å²) >= 11 is 0. The molecule has 11 heteroatoms. The van der Waals surface area contributed by atoms with Crippen molar-refractivity contribution in [3.05, 3.63) is 52.0 Å². The average molecular weight is 419 g/mol. The first-order chi connectivity index (χ1) is 14.3. The SMILES string of the molecule is CC1(CN2CCN[C@@H](C(=O)OCc3ccc(F)cc3)C2)Cn2cc([N+](=O)[O-])nc2O1. The van der Waals surface area contributed by atoms with Crippen LogP contribution in [0.1, 0.15) is 12.5 Å². The van der Waals surface area contributed by atoms with E-state index in [-0.39, 0.29) is 30.2 Å². The van der Waals surface area contributed by atoms with Crippen molar-refractivity contribution in [2.24, 2.45) is 0 Å². The van der Waals surface area contributed by atoms with Crippen LogP contribution in [0.15, 0.2) is 30.5 Å². The van der Waals surface area contributed by atoms with Gasteiger partial charge in [0.05, 0.1) is 6.54 Å². The summed E-state index contributed by atoms with van der Waals surface area (Å²) in [5.41, 5.74) is 0.116. The summed E-state index contributed by atoms with van der Waals surface area (Å²) in [6, 6.07) is 5.55. The molecule has 1 unspecified atom stereocenters. The van der Waals surface area contributed by atoms with Crippen molar-refractivity contribution in [3.8, 4) is 6.01 Å². The second kappa shape index (κ2) is 8.00. The Hall–Kier alpha value is -3.05. The largest absolute Gasteiger partial charge is 0.460 e. The summed E-state index contributed by atoms with van der Waals surface area (Å²) in [4.78, 5) is 28.7. The lowest BCUT2D eigenvalue weighted by Gasteiger charge is -2.36. The number of fused-ring (bicyclic) bond motifs is 1. The maximum Gasteiger partial charge on any atom is 0.415 e. The number of benzene rings is 1. The third kappa shape index (κ3) is 4.41. The van der Waals surface area contributed by atoms with E-state index in [4.69, 9.17) is 9.47 Å². The molecule has 3 heterocycles. The normalized spacial score (nSPS) is 23.6. The van der Waals surface area contributed by atoms with Crippen molar-refractivity contribution in [2.75, 3.05) is 26.2 Å². The van der Waals surface area contributed by atoms with E-state index in [9.17, 15) is 19.3 Å². The molecule has 4 rings (SSSR count). The van der Waals surface area contributed by atoms with Gasteiger partial charge in [-0.1, -0.05) is 12.1 Å². The molecule has 1 N–H and O–H groups in total. The van der Waals surface area contributed by atoms with Crippen LogP contribution >= 0.6 is 0 Å². The smallest absolute Gasteiger partial charge is 0.415 e. The lowest BCUT2D eigenvalue weighted by Crippen LogP contribution is -2.58. The molecule has 1 aromatic heterocycles. The molecular formula is C19H22FN5O5. The third-order valence-electron chi connectivity index (χ3n) is 5.15. The Morgan fingerprint density at radius 3 is 2.93 bits per heavy atom. The molecule has 2 aliphatic rings. The molecule has 0 radical (unpaired) electrons. The molecule has 1 fully saturated rings. The highest BCUT2D eigenvalue weighted by Gasteiger charge is 2.42. The van der Waals surface area contributed by atoms with Gasteiger partial charge < -0.3 is 24.9 Å². The number of carbonyl (C=O) groups excluding carboxylic acids is 1. The van der Waals surface area contributed by atoms with Crippen LogP contribution < -0.4 is 10.1 Å². The molecule has 2 atom stereocenters. The number of nitro groups is 1. The molecule has 0 spiro atoms. The van der Waals surface area contributed by atoms with Crippen LogP contribution in [0.25, 0.3) is 0 Å². The van der Waals surface area contributed by atoms with Gasteiger partial charge in [0.2, 0.25) is 0 Å². The number of aromatic nitrogens is 2. The monoisotopic (exact) mass is 419 g/mol. The molecule has 2 aliphatic heterocycles. The van der Waals surface area contributed by atoms with E-state index < -0.39 is 16.6 Å². The number of hydrogen-bond acceptors (Lipinski definition) is 8. The summed E-state index contributed by atoms with van der Waals surface area (Å²) in [7, 11) is 0. The Kier molecular flexibility index (Phi) is 5.39. The second-order valence-corrected chi connectivity index (χ2v) is 7.79. The fourth-order valence-corrected chi connectivity index (χ4v) is 3.78. The van der Waals surface area contributed by atoms with E-state index in [0.717, 1.165) is 6.54 Å². The van der Waals surface area contributed by atoms with Gasteiger partial charge in [0.15, 0.2) is 0 Å². The highest BCUT2D eigenvalue weighted by molar-refractivity contribution is 5.76. The van der Waals surface area contributed by atoms with Crippen LogP contribution in [-0.2, 0) is 22.7 Å². The zero-order valence-electron chi connectivity index (χ0n) is 16.4. The Labute approximate surface area is 171 Å². The summed E-state index contributed by atoms with van der Waals surface area (Å²) in [6.45, 7) is 4.75. The lowest BCUT2D eigenvalue weighted by molar-refractivity contribution is -0.389. The zero-order valence-corrected chi connectivity index (χ0v) is 16.4. The van der Waals surface area contributed by atoms with E-state index in [0.29, 0.717) is 31.7 Å². The van der Waals surface area contributed by atoms with Crippen molar-refractivity contribution < 1.29 is 23.6 Å². The van der Waals surface area contributed by atoms with E-state index in [2.05, 4.69) is 15.2 Å². The van der Waals surface area contributed by atoms with Crippen LogP contribution in [0.3, 0.4) is 0 Å². The van der Waals surface area contributed by atoms with Crippen LogP contribution in [-0.4, -0.2) is 63.2 Å². The minimum atomic E-state index is -0.600. The van der Waals surface area contributed by atoms with Gasteiger partial charge in [0.25, 0.3) is 0 Å². The molecule has 0 bridgehead atoms. The molecule has 160 valence electrons. The number of rotatable bonds is 6. The van der Waals surface area contributed by atoms with Crippen molar-refractivity contribution >= 4 is 11.8 Å². The van der Waals surface area contributed by atoms with Gasteiger partial charge >= 0.3 is 17.8 Å². The fourth-order valence-electron chi connectivity index (χ4n) is 3.78. The molecule has 0 aliphatic carbocycles. The molecular weight excluding hydrogens is 397 g/mol. The van der Waals surface area contributed by atoms with Crippen molar-refractivity contribution in [1.82, 2.24) is 19.8 Å². The van der Waals surface area contributed by atoms with Crippen LogP contribution in [0.2, 0.25) is 0 Å². The minimum Gasteiger partial charge on any atom is -0.460 e. The van der Waals surface area contributed by atoms with Crippen LogP contribution in [0.4, 0.5) is 10.2 Å². The van der Waals surface area contributed by atoms with Gasteiger partial charge in [-0.25, -0.2) is 4.39 Å². The third-order valence-corrected chi connectivity index (χ3v) is 5.15. The number of carbonyl (C=O) groups is 1. The van der Waals surface area contributed by atoms with E-state index in [1.807, 2.05) is 6.92 Å². The summed E-state index contributed by atoms with van der Waals surface area (Å²) in [6.07, 6.45) is 1.37. The predicted molar refractivity (Wildman–Crippen MR) is 102 cm³/mol. The molecule has 0 amide bonds. The topological polar surface area (TPSA) is 112 Å². The standard InChI is InChI=1S/C19H22FN5O5/c1-19(12-24-9-16(25(27)28)22-18(24)30-19)11-23-7-6-21-15(8-23)17(26)29-10-13-2-4-14(20)5-3-13/h2-5,9,15,21H,6-8,10-12H2,1H3/t15-,19?/m1/s1. The van der Waals surface area contributed by atoms with E-state index in [1.54, 1.807) is 16.7 Å². The Morgan fingerprint density at radius 2 is 2.23 bits per heavy atom. The molecule has 1 saturated heterocycles. The maximum atomic E-state index is 13.0. The quantitative estimate of drug-likeness (QED) is 0.421. The highest BCUT2D eigenvalue weighted by atomic mass is 19.1. The number of imidazole rings is 1. The summed E-state index contributed by atoms with van der Waals surface area (Å²) < 4.78 is 25.8. The van der Waals surface area contributed by atoms with Gasteiger partial charge in [-0.3, -0.25) is 14.3 Å². The number of nitrogens with zero attached hydrogens (tertiary/aromatic N) is 4. The summed E-state index contributed by atoms with van der Waals surface area (Å²) in [5, 5.41) is 14.0. The number of hydrogen-bond donors (Lipinski definition) is 1. The van der Waals surface area contributed by atoms with Crippen molar-refractivity contribution in [1.29, 1.82) is 0 Å². The zero-order chi connectivity index (χ0) is 21.3. The molecule has 30 heavy (non-hydrogen) atoms. The first kappa shape index (κ1) is 20.2. The molecule has 1 aromatic carbocycles. The minimum absolute atomic E-state index is 0.0814. The van der Waals surface area contributed by atoms with Gasteiger partial charge in [-0.2, -0.15) is 0 Å². The molecule has 0 saturated carbocycles. The van der Waals surface area contributed by atoms with Crippen LogP contribution in [0.5, 0.6) is 6.01 Å². The van der Waals surface area contributed by atoms with Gasteiger partial charge in [-0.15, -0.1) is 0 Å². The fraction of sp³-hybridized carbons (Fsp3) is 0.474. The summed E-state index contributed by atoms with van der Waals surface area (Å²) in [5.74, 6) is -0.947. The van der Waals surface area contributed by atoms with E-state index >= 15 is 0 Å². The highest BCUT2D eigenvalue weighted by Crippen LogP contribution is 2.31. The second-order valence-electron chi connectivity index (χ2n) is 7.79. The number of halogens is 1. The number of piperazine rings is 1.